The van der Waals surface area contributed by atoms with Gasteiger partial charge in [0.1, 0.15) is 0 Å². The number of benzene rings is 1. The molecule has 0 saturated heterocycles. The Morgan fingerprint density at radius 2 is 1.88 bits per heavy atom. The van der Waals surface area contributed by atoms with Crippen molar-refractivity contribution in [2.45, 2.75) is 52.5 Å². The third-order valence-corrected chi connectivity index (χ3v) is 4.13. The fourth-order valence-electron chi connectivity index (χ4n) is 2.51. The molecule has 1 N–H and O–H groups in total. The summed E-state index contributed by atoms with van der Waals surface area (Å²) in [5, 5.41) is 4.46. The van der Waals surface area contributed by atoms with Crippen molar-refractivity contribution in [3.8, 4) is 0 Å². The van der Waals surface area contributed by atoms with Gasteiger partial charge in [0.15, 0.2) is 0 Å². The summed E-state index contributed by atoms with van der Waals surface area (Å²) in [6.07, 6.45) is 5.15. The van der Waals surface area contributed by atoms with Crippen LogP contribution in [0.4, 0.5) is 5.69 Å². The average Bonchev–Trinajstić information content (AvgIpc) is 2.26. The van der Waals surface area contributed by atoms with E-state index in [0.717, 1.165) is 5.02 Å². The Kier molecular flexibility index (Phi) is 3.67. The first-order chi connectivity index (χ1) is 7.96. The zero-order valence-electron chi connectivity index (χ0n) is 11.0. The average molecular weight is 252 g/mol. The number of anilines is 1. The minimum Gasteiger partial charge on any atom is -0.382 e. The number of hydrogen-bond acceptors (Lipinski definition) is 1. The summed E-state index contributed by atoms with van der Waals surface area (Å²) in [5.74, 6) is 0. The first kappa shape index (κ1) is 12.8. The molecule has 0 radical (unpaired) electrons. The van der Waals surface area contributed by atoms with Crippen LogP contribution in [-0.4, -0.2) is 6.04 Å². The Morgan fingerprint density at radius 3 is 2.53 bits per heavy atom. The molecule has 1 aromatic carbocycles. The Morgan fingerprint density at radius 1 is 1.24 bits per heavy atom. The minimum atomic E-state index is 0.529. The van der Waals surface area contributed by atoms with E-state index in [1.54, 1.807) is 0 Å². The van der Waals surface area contributed by atoms with Gasteiger partial charge < -0.3 is 5.32 Å². The molecule has 0 aromatic heterocycles. The van der Waals surface area contributed by atoms with Crippen LogP contribution in [0.3, 0.4) is 0 Å². The first-order valence-electron chi connectivity index (χ1n) is 6.49. The molecular formula is C15H22ClN. The smallest absolute Gasteiger partial charge is 0.0426 e. The van der Waals surface area contributed by atoms with Crippen molar-refractivity contribution < 1.29 is 0 Å². The lowest BCUT2D eigenvalue weighted by molar-refractivity contribution is 0.232. The molecule has 1 nitrogen and oxygen atoms in total. The second-order valence-corrected chi connectivity index (χ2v) is 6.48. The number of hydrogen-bond donors (Lipinski definition) is 1. The standard InChI is InChI=1S/C15H22ClN/c1-11-4-5-12(16)10-14(11)17-13-6-8-15(2,3)9-7-13/h4-5,10,13,17H,6-9H2,1-3H3. The van der Waals surface area contributed by atoms with Crippen molar-refractivity contribution in [1.82, 2.24) is 0 Å². The summed E-state index contributed by atoms with van der Waals surface area (Å²) in [6, 6.07) is 6.68. The molecule has 2 rings (SSSR count). The van der Waals surface area contributed by atoms with E-state index in [2.05, 4.69) is 32.2 Å². The Hall–Kier alpha value is -0.690. The predicted octanol–water partition coefficient (Wildman–Crippen LogP) is 5.03. The molecular weight excluding hydrogens is 230 g/mol. The van der Waals surface area contributed by atoms with E-state index in [1.165, 1.54) is 36.9 Å². The Bertz CT molecular complexity index is 388. The molecule has 1 aliphatic carbocycles. The van der Waals surface area contributed by atoms with E-state index in [9.17, 15) is 0 Å². The quantitative estimate of drug-likeness (QED) is 0.778. The van der Waals surface area contributed by atoms with Gasteiger partial charge in [0.05, 0.1) is 0 Å². The number of halogens is 1. The van der Waals surface area contributed by atoms with Gasteiger partial charge in [-0.25, -0.2) is 0 Å². The summed E-state index contributed by atoms with van der Waals surface area (Å²) < 4.78 is 0. The zero-order chi connectivity index (χ0) is 12.5. The maximum atomic E-state index is 6.04. The summed E-state index contributed by atoms with van der Waals surface area (Å²) in [7, 11) is 0. The molecule has 0 heterocycles. The van der Waals surface area contributed by atoms with E-state index in [4.69, 9.17) is 11.6 Å². The molecule has 94 valence electrons. The monoisotopic (exact) mass is 251 g/mol. The number of rotatable bonds is 2. The van der Waals surface area contributed by atoms with Gasteiger partial charge in [-0.15, -0.1) is 0 Å². The lowest BCUT2D eigenvalue weighted by Crippen LogP contribution is -2.30. The van der Waals surface area contributed by atoms with E-state index in [-0.39, 0.29) is 0 Å². The van der Waals surface area contributed by atoms with Crippen LogP contribution >= 0.6 is 11.6 Å². The third-order valence-electron chi connectivity index (χ3n) is 3.90. The second kappa shape index (κ2) is 4.89. The molecule has 1 aliphatic rings. The molecule has 1 saturated carbocycles. The van der Waals surface area contributed by atoms with Crippen LogP contribution in [-0.2, 0) is 0 Å². The van der Waals surface area contributed by atoms with Gasteiger partial charge in [-0.05, 0) is 55.7 Å². The summed E-state index contributed by atoms with van der Waals surface area (Å²) in [5.41, 5.74) is 3.00. The molecule has 0 amide bonds. The molecule has 0 spiro atoms. The molecule has 0 bridgehead atoms. The van der Waals surface area contributed by atoms with E-state index < -0.39 is 0 Å². The SMILES string of the molecule is Cc1ccc(Cl)cc1NC1CCC(C)(C)CC1. The van der Waals surface area contributed by atoms with Gasteiger partial charge >= 0.3 is 0 Å². The topological polar surface area (TPSA) is 12.0 Å². The Balaban J connectivity index is 2.00. The highest BCUT2D eigenvalue weighted by Gasteiger charge is 2.26. The first-order valence-corrected chi connectivity index (χ1v) is 6.87. The van der Waals surface area contributed by atoms with Crippen molar-refractivity contribution in [2.75, 3.05) is 5.32 Å². The van der Waals surface area contributed by atoms with E-state index >= 15 is 0 Å². The third kappa shape index (κ3) is 3.38. The fraction of sp³-hybridized carbons (Fsp3) is 0.600. The second-order valence-electron chi connectivity index (χ2n) is 6.04. The lowest BCUT2D eigenvalue weighted by atomic mass is 9.75. The predicted molar refractivity (Wildman–Crippen MR) is 75.8 cm³/mol. The van der Waals surface area contributed by atoms with Gasteiger partial charge in [-0.3, -0.25) is 0 Å². The molecule has 0 aliphatic heterocycles. The van der Waals surface area contributed by atoms with Crippen LogP contribution < -0.4 is 5.32 Å². The summed E-state index contributed by atoms with van der Waals surface area (Å²) >= 11 is 6.04. The van der Waals surface area contributed by atoms with E-state index in [1.807, 2.05) is 12.1 Å². The van der Waals surface area contributed by atoms with Crippen LogP contribution in [0.1, 0.15) is 45.1 Å². The fourth-order valence-corrected chi connectivity index (χ4v) is 2.69. The normalized spacial score (nSPS) is 20.2. The summed E-state index contributed by atoms with van der Waals surface area (Å²) in [4.78, 5) is 0. The zero-order valence-corrected chi connectivity index (χ0v) is 11.8. The van der Waals surface area contributed by atoms with Crippen molar-refractivity contribution in [3.05, 3.63) is 28.8 Å². The molecule has 1 fully saturated rings. The van der Waals surface area contributed by atoms with Gasteiger partial charge in [0, 0.05) is 16.8 Å². The highest BCUT2D eigenvalue weighted by Crippen LogP contribution is 2.36. The molecule has 1 aromatic rings. The summed E-state index contributed by atoms with van der Waals surface area (Å²) in [6.45, 7) is 6.87. The van der Waals surface area contributed by atoms with Crippen molar-refractivity contribution in [3.63, 3.8) is 0 Å². The van der Waals surface area contributed by atoms with Gasteiger partial charge in [-0.1, -0.05) is 31.5 Å². The van der Waals surface area contributed by atoms with Crippen molar-refractivity contribution in [2.24, 2.45) is 5.41 Å². The van der Waals surface area contributed by atoms with Crippen molar-refractivity contribution >= 4 is 17.3 Å². The van der Waals surface area contributed by atoms with Crippen LogP contribution in [0.5, 0.6) is 0 Å². The maximum Gasteiger partial charge on any atom is 0.0426 e. The van der Waals surface area contributed by atoms with Crippen LogP contribution in [0.2, 0.25) is 5.02 Å². The van der Waals surface area contributed by atoms with Gasteiger partial charge in [0.25, 0.3) is 0 Å². The molecule has 17 heavy (non-hydrogen) atoms. The van der Waals surface area contributed by atoms with Crippen molar-refractivity contribution in [1.29, 1.82) is 0 Å². The molecule has 2 heteroatoms. The number of aryl methyl sites for hydroxylation is 1. The van der Waals surface area contributed by atoms with Gasteiger partial charge in [-0.2, -0.15) is 0 Å². The van der Waals surface area contributed by atoms with Crippen LogP contribution in [0, 0.1) is 12.3 Å². The lowest BCUT2D eigenvalue weighted by Gasteiger charge is -2.35. The molecule has 0 unspecified atom stereocenters. The Labute approximate surface area is 110 Å². The largest absolute Gasteiger partial charge is 0.382 e. The number of nitrogens with one attached hydrogen (secondary N) is 1. The minimum absolute atomic E-state index is 0.529. The molecule has 0 atom stereocenters. The van der Waals surface area contributed by atoms with Crippen LogP contribution in [0.15, 0.2) is 18.2 Å². The highest BCUT2D eigenvalue weighted by atomic mass is 35.5. The maximum absolute atomic E-state index is 6.04. The highest BCUT2D eigenvalue weighted by molar-refractivity contribution is 6.30. The van der Waals surface area contributed by atoms with E-state index in [0.29, 0.717) is 11.5 Å². The van der Waals surface area contributed by atoms with Gasteiger partial charge in [0.2, 0.25) is 0 Å². The van der Waals surface area contributed by atoms with Crippen LogP contribution in [0.25, 0.3) is 0 Å².